The number of allylic oxidation sites excluding steroid dienone is 2. The molecule has 1 N–H and O–H groups in total. The molecule has 0 aliphatic heterocycles. The normalized spacial score (nSPS) is 11.5. The molecule has 0 bridgehead atoms. The van der Waals surface area contributed by atoms with Crippen LogP contribution in [0.4, 0.5) is 0 Å². The molecule has 4 aromatic rings. The number of carbonyl (C=O) groups is 1. The van der Waals surface area contributed by atoms with E-state index < -0.39 is 0 Å². The first kappa shape index (κ1) is 30.6. The Kier molecular flexibility index (Phi) is 10.2. The van der Waals surface area contributed by atoms with Gasteiger partial charge in [0.2, 0.25) is 0 Å². The van der Waals surface area contributed by atoms with Crippen LogP contribution >= 0.6 is 11.3 Å². The molecule has 2 aromatic heterocycles. The number of fused-ring (bicyclic) bond motifs is 1. The van der Waals surface area contributed by atoms with Crippen LogP contribution in [0.2, 0.25) is 0 Å². The van der Waals surface area contributed by atoms with Gasteiger partial charge in [-0.1, -0.05) is 52.8 Å². The molecule has 0 spiro atoms. The van der Waals surface area contributed by atoms with Gasteiger partial charge in [0.15, 0.2) is 5.78 Å². The molecular weight excluding hydrogens is 655 g/mol. The summed E-state index contributed by atoms with van der Waals surface area (Å²) < 4.78 is 1.23. The number of aromatic nitrogens is 1. The molecule has 0 unspecified atom stereocenters. The molecule has 5 heteroatoms. The van der Waals surface area contributed by atoms with Crippen LogP contribution in [0.3, 0.4) is 0 Å². The third-order valence-electron chi connectivity index (χ3n) is 5.89. The zero-order chi connectivity index (χ0) is 26.8. The van der Waals surface area contributed by atoms with Gasteiger partial charge in [0.1, 0.15) is 0 Å². The van der Waals surface area contributed by atoms with Crippen molar-refractivity contribution in [2.75, 3.05) is 0 Å². The van der Waals surface area contributed by atoms with Crippen molar-refractivity contribution in [3.05, 3.63) is 88.3 Å². The number of hydrogen-bond acceptors (Lipinski definition) is 4. The van der Waals surface area contributed by atoms with Gasteiger partial charge in [-0.15, -0.1) is 46.2 Å². The fourth-order valence-electron chi connectivity index (χ4n) is 4.33. The van der Waals surface area contributed by atoms with Crippen molar-refractivity contribution >= 4 is 27.2 Å². The van der Waals surface area contributed by atoms with Gasteiger partial charge < -0.3 is 10.1 Å². The van der Waals surface area contributed by atoms with Gasteiger partial charge in [0.05, 0.1) is 10.5 Å². The monoisotopic (exact) mass is 691 g/mol. The standard InChI is InChI=1S/C27H28NS.C5H8O2.Ir/c1-16-8-17(2)10-20(9-16)23-13-21-14-24(29-25(21)15-28-23)26-18(3)11-22(12-19(26)4)27(5,6)7;1-4(6)3-5(2)7;/h8-9,11-15H,1-7H3;3,6H,1-2H3;/q-1;;/b;4-3-;. The molecule has 0 amide bonds. The van der Waals surface area contributed by atoms with Crippen LogP contribution < -0.4 is 0 Å². The number of benzene rings is 2. The van der Waals surface area contributed by atoms with Gasteiger partial charge in [-0.05, 0) is 72.5 Å². The molecule has 4 rings (SSSR count). The Labute approximate surface area is 239 Å². The zero-order valence-corrected chi connectivity index (χ0v) is 26.4. The zero-order valence-electron chi connectivity index (χ0n) is 23.2. The van der Waals surface area contributed by atoms with E-state index in [1.807, 2.05) is 17.5 Å². The third kappa shape index (κ3) is 7.94. The number of thiophene rings is 1. The van der Waals surface area contributed by atoms with Crippen LogP contribution in [0.1, 0.15) is 62.4 Å². The number of aliphatic hydroxyl groups excluding tert-OH is 1. The van der Waals surface area contributed by atoms with Crippen molar-refractivity contribution in [2.24, 2.45) is 0 Å². The predicted molar refractivity (Wildman–Crippen MR) is 154 cm³/mol. The summed E-state index contributed by atoms with van der Waals surface area (Å²) in [6, 6.07) is 17.0. The number of nitrogens with zero attached hydrogens (tertiary/aromatic N) is 1. The van der Waals surface area contributed by atoms with Crippen LogP contribution in [-0.2, 0) is 30.3 Å². The topological polar surface area (TPSA) is 50.2 Å². The molecule has 2 aromatic carbocycles. The Hall–Kier alpha value is -2.59. The minimum atomic E-state index is -0.125. The van der Waals surface area contributed by atoms with Crippen molar-refractivity contribution in [3.8, 4) is 21.7 Å². The maximum atomic E-state index is 10.0. The summed E-state index contributed by atoms with van der Waals surface area (Å²) in [4.78, 5) is 16.1. The van der Waals surface area contributed by atoms with E-state index in [2.05, 4.69) is 90.9 Å². The smallest absolute Gasteiger partial charge is 0.155 e. The van der Waals surface area contributed by atoms with Gasteiger partial charge in [-0.3, -0.25) is 4.79 Å². The molecule has 0 aliphatic rings. The quantitative estimate of drug-likeness (QED) is 0.133. The van der Waals surface area contributed by atoms with Crippen LogP contribution in [-0.4, -0.2) is 15.9 Å². The third-order valence-corrected chi connectivity index (χ3v) is 6.99. The molecular formula is C32H36IrNO2S-. The van der Waals surface area contributed by atoms with Gasteiger partial charge in [0, 0.05) is 37.3 Å². The molecule has 0 fully saturated rings. The van der Waals surface area contributed by atoms with E-state index in [-0.39, 0.29) is 37.1 Å². The summed E-state index contributed by atoms with van der Waals surface area (Å²) >= 11 is 1.83. The van der Waals surface area contributed by atoms with Gasteiger partial charge >= 0.3 is 0 Å². The first-order valence-electron chi connectivity index (χ1n) is 12.1. The fourth-order valence-corrected chi connectivity index (χ4v) is 5.52. The van der Waals surface area contributed by atoms with Gasteiger partial charge in [-0.2, -0.15) is 0 Å². The Balaban J connectivity index is 0.000000532. The molecule has 0 saturated carbocycles. The molecule has 0 aliphatic carbocycles. The number of aliphatic hydroxyl groups is 1. The average molecular weight is 691 g/mol. The Bertz CT molecular complexity index is 1410. The predicted octanol–water partition coefficient (Wildman–Crippen LogP) is 9.00. The summed E-state index contributed by atoms with van der Waals surface area (Å²) in [6.45, 7) is 18.4. The van der Waals surface area contributed by atoms with E-state index in [4.69, 9.17) is 10.1 Å². The minimum Gasteiger partial charge on any atom is -0.512 e. The number of hydrogen-bond donors (Lipinski definition) is 1. The van der Waals surface area contributed by atoms with Crippen molar-refractivity contribution in [2.45, 2.75) is 67.7 Å². The Morgan fingerprint density at radius 3 is 2.08 bits per heavy atom. The molecule has 0 atom stereocenters. The first-order chi connectivity index (χ1) is 16.7. The van der Waals surface area contributed by atoms with Crippen molar-refractivity contribution in [1.82, 2.24) is 4.98 Å². The van der Waals surface area contributed by atoms with Gasteiger partial charge in [0.25, 0.3) is 0 Å². The van der Waals surface area contributed by atoms with Crippen molar-refractivity contribution in [3.63, 3.8) is 0 Å². The van der Waals surface area contributed by atoms with Crippen molar-refractivity contribution < 1.29 is 30.0 Å². The summed E-state index contributed by atoms with van der Waals surface area (Å²) in [5, 5.41) is 9.61. The van der Waals surface area contributed by atoms with Crippen LogP contribution in [0, 0.1) is 33.8 Å². The average Bonchev–Trinajstić information content (AvgIpc) is 3.14. The van der Waals surface area contributed by atoms with E-state index in [9.17, 15) is 4.79 Å². The Morgan fingerprint density at radius 1 is 0.973 bits per heavy atom. The van der Waals surface area contributed by atoms with Crippen LogP contribution in [0.5, 0.6) is 0 Å². The Morgan fingerprint density at radius 2 is 1.59 bits per heavy atom. The summed E-state index contributed by atoms with van der Waals surface area (Å²) in [6.07, 6.45) is 3.18. The number of carbonyl (C=O) groups excluding carboxylic acids is 1. The maximum Gasteiger partial charge on any atom is 0.155 e. The molecule has 3 nitrogen and oxygen atoms in total. The molecule has 1 radical (unpaired) electrons. The molecule has 2 heterocycles. The van der Waals surface area contributed by atoms with E-state index >= 15 is 0 Å². The SMILES string of the molecule is CC(=O)/C=C(/C)O.Cc1[c-]c(-c2cc3cc(-c4c(C)cc(C(C)(C)C)cc4C)sc3cn2)cc(C)c1.[Ir]. The van der Waals surface area contributed by atoms with E-state index in [0.717, 1.165) is 16.8 Å². The second-order valence-corrected chi connectivity index (χ2v) is 11.7. The van der Waals surface area contributed by atoms with Gasteiger partial charge in [-0.25, -0.2) is 0 Å². The number of ketones is 1. The number of pyridine rings is 1. The summed E-state index contributed by atoms with van der Waals surface area (Å²) in [7, 11) is 0. The summed E-state index contributed by atoms with van der Waals surface area (Å²) in [5.41, 5.74) is 10.1. The van der Waals surface area contributed by atoms with E-state index in [1.54, 1.807) is 0 Å². The molecule has 197 valence electrons. The van der Waals surface area contributed by atoms with Crippen LogP contribution in [0.25, 0.3) is 31.8 Å². The van der Waals surface area contributed by atoms with Crippen LogP contribution in [0.15, 0.2) is 54.4 Å². The second kappa shape index (κ2) is 12.3. The summed E-state index contributed by atoms with van der Waals surface area (Å²) in [5.74, 6) is -0.0625. The molecule has 0 saturated heterocycles. The number of aryl methyl sites for hydroxylation is 4. The largest absolute Gasteiger partial charge is 0.512 e. The molecule has 37 heavy (non-hydrogen) atoms. The van der Waals surface area contributed by atoms with E-state index in [1.165, 1.54) is 62.7 Å². The van der Waals surface area contributed by atoms with E-state index in [0.29, 0.717) is 0 Å². The minimum absolute atomic E-state index is 0. The number of rotatable bonds is 3. The fraction of sp³-hybridized carbons (Fsp3) is 0.312. The second-order valence-electron chi connectivity index (χ2n) is 10.6. The van der Waals surface area contributed by atoms with Crippen molar-refractivity contribution in [1.29, 1.82) is 0 Å². The first-order valence-corrected chi connectivity index (χ1v) is 13.0. The maximum absolute atomic E-state index is 10.0.